The van der Waals surface area contributed by atoms with Crippen LogP contribution < -0.4 is 10.6 Å². The largest absolute Gasteiger partial charge is 0.354 e. The van der Waals surface area contributed by atoms with Crippen molar-refractivity contribution >= 4 is 5.91 Å². The summed E-state index contributed by atoms with van der Waals surface area (Å²) in [6, 6.07) is 0. The Balaban J connectivity index is 1.87. The summed E-state index contributed by atoms with van der Waals surface area (Å²) < 4.78 is 0. The zero-order valence-electron chi connectivity index (χ0n) is 9.86. The zero-order valence-corrected chi connectivity index (χ0v) is 9.86. The van der Waals surface area contributed by atoms with Gasteiger partial charge in [-0.3, -0.25) is 4.79 Å². The summed E-state index contributed by atoms with van der Waals surface area (Å²) in [5, 5.41) is 6.48. The Morgan fingerprint density at radius 3 is 2.60 bits per heavy atom. The number of amides is 1. The minimum atomic E-state index is -0.259. The van der Waals surface area contributed by atoms with Gasteiger partial charge in [0.2, 0.25) is 5.91 Å². The van der Waals surface area contributed by atoms with Gasteiger partial charge in [0.1, 0.15) is 0 Å². The van der Waals surface area contributed by atoms with E-state index in [0.717, 1.165) is 32.4 Å². The molecule has 1 unspecified atom stereocenters. The second kappa shape index (κ2) is 3.78. The molecule has 0 aromatic carbocycles. The molecule has 1 saturated heterocycles. The molecule has 1 saturated carbocycles. The highest BCUT2D eigenvalue weighted by molar-refractivity contribution is 5.86. The predicted octanol–water partition coefficient (Wildman–Crippen LogP) is 1.43. The van der Waals surface area contributed by atoms with E-state index in [9.17, 15) is 4.79 Å². The molecular weight excluding hydrogens is 188 g/mol. The fraction of sp³-hybridized carbons (Fsp3) is 0.917. The molecule has 0 aromatic rings. The Morgan fingerprint density at radius 1 is 1.40 bits per heavy atom. The van der Waals surface area contributed by atoms with Gasteiger partial charge in [-0.15, -0.1) is 0 Å². The van der Waals surface area contributed by atoms with Crippen LogP contribution in [-0.2, 0) is 4.79 Å². The van der Waals surface area contributed by atoms with Crippen LogP contribution >= 0.6 is 0 Å². The van der Waals surface area contributed by atoms with Crippen molar-refractivity contribution in [3.63, 3.8) is 0 Å². The summed E-state index contributed by atoms with van der Waals surface area (Å²) in [5.74, 6) is 0.218. The van der Waals surface area contributed by atoms with Crippen LogP contribution in [0.4, 0.5) is 0 Å². The minimum Gasteiger partial charge on any atom is -0.354 e. The maximum absolute atomic E-state index is 12.1. The molecule has 2 N–H and O–H groups in total. The molecule has 1 heterocycles. The average molecular weight is 210 g/mol. The molecule has 0 spiro atoms. The summed E-state index contributed by atoms with van der Waals surface area (Å²) in [7, 11) is 0. The standard InChI is InChI=1S/C12H22N2O/c1-3-12(5-4-8-14-12)10(15)13-9-11(2)6-7-11/h14H,3-9H2,1-2H3,(H,13,15). The summed E-state index contributed by atoms with van der Waals surface area (Å²) in [6.07, 6.45) is 5.54. The van der Waals surface area contributed by atoms with Crippen molar-refractivity contribution < 1.29 is 4.79 Å². The first-order valence-corrected chi connectivity index (χ1v) is 6.14. The number of carbonyl (C=O) groups excluding carboxylic acids is 1. The summed E-state index contributed by atoms with van der Waals surface area (Å²) >= 11 is 0. The smallest absolute Gasteiger partial charge is 0.240 e. The van der Waals surface area contributed by atoms with Crippen LogP contribution in [0.5, 0.6) is 0 Å². The van der Waals surface area contributed by atoms with E-state index in [0.29, 0.717) is 5.41 Å². The summed E-state index contributed by atoms with van der Waals surface area (Å²) in [4.78, 5) is 12.1. The van der Waals surface area contributed by atoms with Gasteiger partial charge in [-0.05, 0) is 44.1 Å². The van der Waals surface area contributed by atoms with Crippen LogP contribution in [0.25, 0.3) is 0 Å². The lowest BCUT2D eigenvalue weighted by molar-refractivity contribution is -0.127. The van der Waals surface area contributed by atoms with Crippen molar-refractivity contribution in [2.45, 2.75) is 51.5 Å². The van der Waals surface area contributed by atoms with Gasteiger partial charge in [-0.2, -0.15) is 0 Å². The van der Waals surface area contributed by atoms with E-state index < -0.39 is 0 Å². The van der Waals surface area contributed by atoms with Gasteiger partial charge in [-0.1, -0.05) is 13.8 Å². The molecule has 1 atom stereocenters. The lowest BCUT2D eigenvalue weighted by Crippen LogP contribution is -2.53. The van der Waals surface area contributed by atoms with E-state index in [2.05, 4.69) is 24.5 Å². The topological polar surface area (TPSA) is 41.1 Å². The molecule has 3 nitrogen and oxygen atoms in total. The molecule has 2 fully saturated rings. The molecular formula is C12H22N2O. The zero-order chi connectivity index (χ0) is 10.9. The second-order valence-corrected chi connectivity index (χ2v) is 5.46. The normalized spacial score (nSPS) is 32.7. The second-order valence-electron chi connectivity index (χ2n) is 5.46. The summed E-state index contributed by atoms with van der Waals surface area (Å²) in [6.45, 7) is 6.18. The highest BCUT2D eigenvalue weighted by atomic mass is 16.2. The average Bonchev–Trinajstić information content (AvgIpc) is 2.81. The molecule has 86 valence electrons. The van der Waals surface area contributed by atoms with Gasteiger partial charge in [0.15, 0.2) is 0 Å². The van der Waals surface area contributed by atoms with Crippen molar-refractivity contribution in [1.82, 2.24) is 10.6 Å². The van der Waals surface area contributed by atoms with E-state index in [1.54, 1.807) is 0 Å². The van der Waals surface area contributed by atoms with Crippen molar-refractivity contribution in [3.05, 3.63) is 0 Å². The molecule has 15 heavy (non-hydrogen) atoms. The van der Waals surface area contributed by atoms with Gasteiger partial charge in [0.25, 0.3) is 0 Å². The third kappa shape index (κ3) is 2.17. The van der Waals surface area contributed by atoms with E-state index in [1.807, 2.05) is 0 Å². The number of hydrogen-bond acceptors (Lipinski definition) is 2. The number of nitrogens with one attached hydrogen (secondary N) is 2. The van der Waals surface area contributed by atoms with Crippen LogP contribution in [-0.4, -0.2) is 24.5 Å². The first kappa shape index (κ1) is 10.9. The maximum atomic E-state index is 12.1. The predicted molar refractivity (Wildman–Crippen MR) is 60.6 cm³/mol. The molecule has 2 aliphatic rings. The van der Waals surface area contributed by atoms with Crippen molar-refractivity contribution in [3.8, 4) is 0 Å². The third-order valence-electron chi connectivity index (χ3n) is 4.06. The van der Waals surface area contributed by atoms with Gasteiger partial charge < -0.3 is 10.6 Å². The fourth-order valence-corrected chi connectivity index (χ4v) is 2.32. The van der Waals surface area contributed by atoms with Crippen molar-refractivity contribution in [2.24, 2.45) is 5.41 Å². The Hall–Kier alpha value is -0.570. The molecule has 1 aliphatic carbocycles. The number of rotatable bonds is 4. The third-order valence-corrected chi connectivity index (χ3v) is 4.06. The minimum absolute atomic E-state index is 0.218. The fourth-order valence-electron chi connectivity index (χ4n) is 2.32. The van der Waals surface area contributed by atoms with Crippen LogP contribution in [0.2, 0.25) is 0 Å². The molecule has 3 heteroatoms. The van der Waals surface area contributed by atoms with Crippen LogP contribution in [0, 0.1) is 5.41 Å². The summed E-state index contributed by atoms with van der Waals surface area (Å²) in [5.41, 5.74) is 0.147. The molecule has 1 aliphatic heterocycles. The van der Waals surface area contributed by atoms with E-state index in [1.165, 1.54) is 12.8 Å². The van der Waals surface area contributed by atoms with Gasteiger partial charge in [0, 0.05) is 6.54 Å². The SMILES string of the molecule is CCC1(C(=O)NCC2(C)CC2)CCCN1. The molecule has 0 radical (unpaired) electrons. The van der Waals surface area contributed by atoms with E-state index >= 15 is 0 Å². The molecule has 2 rings (SSSR count). The lowest BCUT2D eigenvalue weighted by atomic mass is 9.93. The van der Waals surface area contributed by atoms with E-state index in [-0.39, 0.29) is 11.4 Å². The lowest BCUT2D eigenvalue weighted by Gasteiger charge is -2.27. The van der Waals surface area contributed by atoms with Gasteiger partial charge in [-0.25, -0.2) is 0 Å². The first-order chi connectivity index (χ1) is 7.10. The quantitative estimate of drug-likeness (QED) is 0.737. The Kier molecular flexibility index (Phi) is 2.75. The maximum Gasteiger partial charge on any atom is 0.240 e. The Labute approximate surface area is 92.0 Å². The number of hydrogen-bond donors (Lipinski definition) is 2. The monoisotopic (exact) mass is 210 g/mol. The van der Waals surface area contributed by atoms with Crippen molar-refractivity contribution in [1.29, 1.82) is 0 Å². The van der Waals surface area contributed by atoms with Crippen molar-refractivity contribution in [2.75, 3.05) is 13.1 Å². The number of carbonyl (C=O) groups is 1. The highest BCUT2D eigenvalue weighted by Gasteiger charge is 2.42. The van der Waals surface area contributed by atoms with E-state index in [4.69, 9.17) is 0 Å². The molecule has 0 bridgehead atoms. The van der Waals surface area contributed by atoms with Gasteiger partial charge in [0.05, 0.1) is 5.54 Å². The van der Waals surface area contributed by atoms with Gasteiger partial charge >= 0.3 is 0 Å². The Morgan fingerprint density at radius 2 is 2.13 bits per heavy atom. The Bertz CT molecular complexity index is 252. The molecule has 0 aromatic heterocycles. The highest BCUT2D eigenvalue weighted by Crippen LogP contribution is 2.44. The molecule has 1 amide bonds. The van der Waals surface area contributed by atoms with Crippen LogP contribution in [0.3, 0.4) is 0 Å². The first-order valence-electron chi connectivity index (χ1n) is 6.14. The van der Waals surface area contributed by atoms with Crippen LogP contribution in [0.15, 0.2) is 0 Å². The van der Waals surface area contributed by atoms with Crippen LogP contribution in [0.1, 0.15) is 46.0 Å².